The quantitative estimate of drug-likeness (QED) is 0.423. The van der Waals surface area contributed by atoms with Crippen LogP contribution in [0.1, 0.15) is 33.1 Å². The lowest BCUT2D eigenvalue weighted by Crippen LogP contribution is -2.02. The van der Waals surface area contributed by atoms with Crippen LogP contribution in [0.4, 0.5) is 0 Å². The van der Waals surface area contributed by atoms with Gasteiger partial charge in [0.25, 0.3) is 0 Å². The highest BCUT2D eigenvalue weighted by atomic mass is 16.2. The van der Waals surface area contributed by atoms with Crippen molar-refractivity contribution in [3.8, 4) is 0 Å². The van der Waals surface area contributed by atoms with Crippen LogP contribution in [0.2, 0.25) is 0 Å². The fourth-order valence-corrected chi connectivity index (χ4v) is 1.29. The molecule has 0 N–H and O–H groups in total. The molecule has 1 aliphatic carbocycles. The molecule has 60 valence electrons. The van der Waals surface area contributed by atoms with E-state index in [-0.39, 0.29) is 11.6 Å². The minimum Gasteiger partial charge on any atom is -0.294 e. The minimum absolute atomic E-state index is 0.0364. The Hall–Kier alpha value is -0.920. The highest BCUT2D eigenvalue weighted by Crippen LogP contribution is 2.21. The van der Waals surface area contributed by atoms with Gasteiger partial charge in [-0.2, -0.15) is 0 Å². The Bertz CT molecular complexity index is 218. The van der Waals surface area contributed by atoms with E-state index in [1.54, 1.807) is 0 Å². The van der Waals surface area contributed by atoms with Crippen LogP contribution in [0, 0.1) is 0 Å². The molecule has 0 atom stereocenters. The van der Waals surface area contributed by atoms with Crippen LogP contribution in [0.15, 0.2) is 11.1 Å². The molecule has 0 heterocycles. The largest absolute Gasteiger partial charge is 0.294 e. The Morgan fingerprint density at radius 1 is 1.27 bits per heavy atom. The number of carbonyl (C=O) groups is 2. The first kappa shape index (κ1) is 8.18. The molecule has 0 spiro atoms. The molecule has 0 aromatic rings. The number of Topliss-reactive ketones (excluding diaryl/α,β-unsaturated/α-hetero) is 2. The second kappa shape index (κ2) is 2.99. The fourth-order valence-electron chi connectivity index (χ4n) is 1.29. The zero-order valence-corrected chi connectivity index (χ0v) is 6.94. The van der Waals surface area contributed by atoms with Crippen molar-refractivity contribution >= 4 is 11.6 Å². The van der Waals surface area contributed by atoms with E-state index in [0.717, 1.165) is 12.0 Å². The van der Waals surface area contributed by atoms with Gasteiger partial charge in [-0.25, -0.2) is 0 Å². The second-order valence-electron chi connectivity index (χ2n) is 2.86. The molecule has 1 aliphatic rings. The molecule has 0 amide bonds. The van der Waals surface area contributed by atoms with Crippen LogP contribution >= 0.6 is 0 Å². The summed E-state index contributed by atoms with van der Waals surface area (Å²) < 4.78 is 0. The standard InChI is InChI=1S/C9H12O2/c1-3-6(2)9-7(10)4-5-8(9)11/h3-5H2,1-2H3. The first-order valence-electron chi connectivity index (χ1n) is 3.93. The molecule has 2 nitrogen and oxygen atoms in total. The lowest BCUT2D eigenvalue weighted by Gasteiger charge is -1.98. The maximum Gasteiger partial charge on any atom is 0.166 e. The van der Waals surface area contributed by atoms with Gasteiger partial charge in [0.2, 0.25) is 0 Å². The van der Waals surface area contributed by atoms with Gasteiger partial charge < -0.3 is 0 Å². The second-order valence-corrected chi connectivity index (χ2v) is 2.86. The summed E-state index contributed by atoms with van der Waals surface area (Å²) in [5.74, 6) is 0.0729. The van der Waals surface area contributed by atoms with Crippen molar-refractivity contribution in [2.75, 3.05) is 0 Å². The molecule has 0 aromatic carbocycles. The van der Waals surface area contributed by atoms with Crippen LogP contribution in [-0.4, -0.2) is 11.6 Å². The van der Waals surface area contributed by atoms with Gasteiger partial charge in [0.05, 0.1) is 5.57 Å². The first-order chi connectivity index (χ1) is 5.16. The van der Waals surface area contributed by atoms with Crippen LogP contribution in [-0.2, 0) is 9.59 Å². The van der Waals surface area contributed by atoms with Gasteiger partial charge in [0.15, 0.2) is 11.6 Å². The Balaban J connectivity index is 3.01. The van der Waals surface area contributed by atoms with Gasteiger partial charge >= 0.3 is 0 Å². The SMILES string of the molecule is CCC(C)=C1C(=O)CCC1=O. The Kier molecular flexibility index (Phi) is 2.22. The number of rotatable bonds is 1. The third-order valence-corrected chi connectivity index (χ3v) is 2.09. The summed E-state index contributed by atoms with van der Waals surface area (Å²) in [5.41, 5.74) is 1.42. The van der Waals surface area contributed by atoms with E-state index in [0.29, 0.717) is 18.4 Å². The van der Waals surface area contributed by atoms with Gasteiger partial charge in [-0.3, -0.25) is 9.59 Å². The molecule has 1 fully saturated rings. The van der Waals surface area contributed by atoms with Gasteiger partial charge in [0, 0.05) is 12.8 Å². The van der Waals surface area contributed by atoms with Gasteiger partial charge in [0.1, 0.15) is 0 Å². The summed E-state index contributed by atoms with van der Waals surface area (Å²) in [7, 11) is 0. The molecule has 0 bridgehead atoms. The maximum absolute atomic E-state index is 11.1. The normalized spacial score (nSPS) is 17.8. The molecule has 0 unspecified atom stereocenters. The van der Waals surface area contributed by atoms with Crippen LogP contribution in [0.5, 0.6) is 0 Å². The van der Waals surface area contributed by atoms with E-state index in [4.69, 9.17) is 0 Å². The zero-order chi connectivity index (χ0) is 8.43. The molecule has 2 heteroatoms. The van der Waals surface area contributed by atoms with E-state index in [1.165, 1.54) is 0 Å². The van der Waals surface area contributed by atoms with E-state index in [9.17, 15) is 9.59 Å². The number of allylic oxidation sites excluding steroid dienone is 2. The molecule has 1 saturated carbocycles. The van der Waals surface area contributed by atoms with Crippen molar-refractivity contribution in [1.29, 1.82) is 0 Å². The number of hydrogen-bond acceptors (Lipinski definition) is 2. The molecule has 0 radical (unpaired) electrons. The third-order valence-electron chi connectivity index (χ3n) is 2.09. The lowest BCUT2D eigenvalue weighted by molar-refractivity contribution is -0.116. The maximum atomic E-state index is 11.1. The van der Waals surface area contributed by atoms with Gasteiger partial charge in [-0.15, -0.1) is 0 Å². The van der Waals surface area contributed by atoms with Gasteiger partial charge in [-0.05, 0) is 13.3 Å². The molecule has 1 rings (SSSR count). The number of carbonyl (C=O) groups excluding carboxylic acids is 2. The number of ketones is 2. The smallest absolute Gasteiger partial charge is 0.166 e. The van der Waals surface area contributed by atoms with Gasteiger partial charge in [-0.1, -0.05) is 12.5 Å². The molecule has 11 heavy (non-hydrogen) atoms. The summed E-state index contributed by atoms with van der Waals surface area (Å²) in [5, 5.41) is 0. The fraction of sp³-hybridized carbons (Fsp3) is 0.556. The van der Waals surface area contributed by atoms with Crippen molar-refractivity contribution in [3.05, 3.63) is 11.1 Å². The summed E-state index contributed by atoms with van der Waals surface area (Å²) in [4.78, 5) is 22.2. The van der Waals surface area contributed by atoms with Crippen molar-refractivity contribution in [3.63, 3.8) is 0 Å². The minimum atomic E-state index is 0.0364. The van der Waals surface area contributed by atoms with Crippen LogP contribution < -0.4 is 0 Å². The predicted molar refractivity (Wildman–Crippen MR) is 42.2 cm³/mol. The number of hydrogen-bond donors (Lipinski definition) is 0. The van der Waals surface area contributed by atoms with E-state index in [2.05, 4.69) is 0 Å². The average molecular weight is 152 g/mol. The zero-order valence-electron chi connectivity index (χ0n) is 6.94. The van der Waals surface area contributed by atoms with Crippen molar-refractivity contribution in [1.82, 2.24) is 0 Å². The summed E-state index contributed by atoms with van der Waals surface area (Å²) in [6.45, 7) is 3.82. The van der Waals surface area contributed by atoms with Crippen molar-refractivity contribution < 1.29 is 9.59 Å². The molecule has 0 saturated heterocycles. The van der Waals surface area contributed by atoms with Crippen LogP contribution in [0.3, 0.4) is 0 Å². The highest BCUT2D eigenvalue weighted by Gasteiger charge is 2.27. The summed E-state index contributed by atoms with van der Waals surface area (Å²) >= 11 is 0. The van der Waals surface area contributed by atoms with E-state index in [1.807, 2.05) is 13.8 Å². The van der Waals surface area contributed by atoms with Crippen LogP contribution in [0.25, 0.3) is 0 Å². The molecular formula is C9H12O2. The topological polar surface area (TPSA) is 34.1 Å². The molecular weight excluding hydrogens is 140 g/mol. The van der Waals surface area contributed by atoms with E-state index >= 15 is 0 Å². The Labute approximate surface area is 66.3 Å². The van der Waals surface area contributed by atoms with E-state index < -0.39 is 0 Å². The van der Waals surface area contributed by atoms with Crippen molar-refractivity contribution in [2.24, 2.45) is 0 Å². The Morgan fingerprint density at radius 2 is 1.73 bits per heavy atom. The monoisotopic (exact) mass is 152 g/mol. The molecule has 0 aromatic heterocycles. The average Bonchev–Trinajstić information content (AvgIpc) is 2.30. The Morgan fingerprint density at radius 3 is 2.09 bits per heavy atom. The highest BCUT2D eigenvalue weighted by molar-refractivity contribution is 6.25. The third kappa shape index (κ3) is 1.39. The summed E-state index contributed by atoms with van der Waals surface area (Å²) in [6, 6.07) is 0. The predicted octanol–water partition coefficient (Wildman–Crippen LogP) is 1.64. The van der Waals surface area contributed by atoms with Crippen molar-refractivity contribution in [2.45, 2.75) is 33.1 Å². The molecule has 0 aliphatic heterocycles. The summed E-state index contributed by atoms with van der Waals surface area (Å²) in [6.07, 6.45) is 1.64. The first-order valence-corrected chi connectivity index (χ1v) is 3.93. The lowest BCUT2D eigenvalue weighted by atomic mass is 10.1.